The zero-order chi connectivity index (χ0) is 14.5. The summed E-state index contributed by atoms with van der Waals surface area (Å²) in [6, 6.07) is 10.2. The van der Waals surface area contributed by atoms with Crippen molar-refractivity contribution in [2.45, 2.75) is 13.1 Å². The molecule has 0 aromatic heterocycles. The van der Waals surface area contributed by atoms with Gasteiger partial charge in [0.2, 0.25) is 0 Å². The molecule has 102 valence electrons. The largest absolute Gasteiger partial charge is 0.508 e. The zero-order valence-corrected chi connectivity index (χ0v) is 10.5. The molecule has 3 nitrogen and oxygen atoms in total. The first-order valence-corrected chi connectivity index (χ1v) is 5.97. The third-order valence-electron chi connectivity index (χ3n) is 2.84. The minimum absolute atomic E-state index is 0.0181. The summed E-state index contributed by atoms with van der Waals surface area (Å²) in [5.74, 6) is -1.31. The highest BCUT2D eigenvalue weighted by Crippen LogP contribution is 2.15. The summed E-state index contributed by atoms with van der Waals surface area (Å²) in [6.45, 7) is 0.434. The van der Waals surface area contributed by atoms with E-state index >= 15 is 0 Å². The van der Waals surface area contributed by atoms with Crippen LogP contribution in [0.2, 0.25) is 0 Å². The van der Waals surface area contributed by atoms with Crippen LogP contribution in [0, 0.1) is 23.0 Å². The van der Waals surface area contributed by atoms with Gasteiger partial charge in [0.25, 0.3) is 0 Å². The lowest BCUT2D eigenvalue weighted by Crippen LogP contribution is -2.15. The first-order chi connectivity index (χ1) is 9.60. The standard InChI is InChI=1S/C15H12F2N2O/c16-14-5-11(7-18)6-15(17)13(14)9-19-8-10-1-3-12(20)4-2-10/h1-6,19-20H,8-9H2. The van der Waals surface area contributed by atoms with Gasteiger partial charge in [0.15, 0.2) is 0 Å². The number of aromatic hydroxyl groups is 1. The quantitative estimate of drug-likeness (QED) is 0.901. The number of nitrogens with one attached hydrogen (secondary N) is 1. The fourth-order valence-corrected chi connectivity index (χ4v) is 1.78. The number of halogens is 2. The lowest BCUT2D eigenvalue weighted by atomic mass is 10.1. The van der Waals surface area contributed by atoms with E-state index in [1.807, 2.05) is 0 Å². The molecule has 0 fully saturated rings. The van der Waals surface area contributed by atoms with Crippen LogP contribution < -0.4 is 5.32 Å². The lowest BCUT2D eigenvalue weighted by molar-refractivity contribution is 0.475. The molecule has 2 aromatic carbocycles. The Morgan fingerprint density at radius 1 is 1.05 bits per heavy atom. The Morgan fingerprint density at radius 3 is 2.20 bits per heavy atom. The van der Waals surface area contributed by atoms with E-state index in [0.717, 1.165) is 17.7 Å². The summed E-state index contributed by atoms with van der Waals surface area (Å²) in [7, 11) is 0. The molecule has 0 atom stereocenters. The monoisotopic (exact) mass is 274 g/mol. The number of hydrogen-bond acceptors (Lipinski definition) is 3. The zero-order valence-electron chi connectivity index (χ0n) is 10.5. The predicted molar refractivity (Wildman–Crippen MR) is 69.7 cm³/mol. The molecule has 5 heteroatoms. The van der Waals surface area contributed by atoms with Crippen molar-refractivity contribution in [1.82, 2.24) is 5.32 Å². The van der Waals surface area contributed by atoms with E-state index in [-0.39, 0.29) is 23.4 Å². The molecule has 0 unspecified atom stereocenters. The predicted octanol–water partition coefficient (Wildman–Crippen LogP) is 2.83. The average Bonchev–Trinajstić information content (AvgIpc) is 2.43. The second-order valence-electron chi connectivity index (χ2n) is 4.30. The minimum atomic E-state index is -0.736. The summed E-state index contributed by atoms with van der Waals surface area (Å²) < 4.78 is 27.2. The van der Waals surface area contributed by atoms with Crippen molar-refractivity contribution in [3.05, 3.63) is 64.7 Å². The van der Waals surface area contributed by atoms with Crippen LogP contribution in [0.25, 0.3) is 0 Å². The van der Waals surface area contributed by atoms with E-state index in [9.17, 15) is 8.78 Å². The Bertz CT molecular complexity index is 625. The van der Waals surface area contributed by atoms with Gasteiger partial charge < -0.3 is 10.4 Å². The number of rotatable bonds is 4. The van der Waals surface area contributed by atoms with E-state index < -0.39 is 11.6 Å². The van der Waals surface area contributed by atoms with E-state index in [4.69, 9.17) is 10.4 Å². The van der Waals surface area contributed by atoms with E-state index in [1.165, 1.54) is 0 Å². The molecule has 0 aliphatic heterocycles. The maximum atomic E-state index is 13.6. The summed E-state index contributed by atoms with van der Waals surface area (Å²) in [5, 5.41) is 20.7. The molecule has 20 heavy (non-hydrogen) atoms. The summed E-state index contributed by atoms with van der Waals surface area (Å²) in [6.07, 6.45) is 0. The SMILES string of the molecule is N#Cc1cc(F)c(CNCc2ccc(O)cc2)c(F)c1. The van der Waals surface area contributed by atoms with Crippen LogP contribution in [0.1, 0.15) is 16.7 Å². The maximum Gasteiger partial charge on any atom is 0.131 e. The van der Waals surface area contributed by atoms with Crippen LogP contribution in [0.15, 0.2) is 36.4 Å². The molecular formula is C15H12F2N2O. The Morgan fingerprint density at radius 2 is 1.65 bits per heavy atom. The van der Waals surface area contributed by atoms with Crippen molar-refractivity contribution >= 4 is 0 Å². The third kappa shape index (κ3) is 3.31. The van der Waals surface area contributed by atoms with Gasteiger partial charge in [-0.05, 0) is 29.8 Å². The van der Waals surface area contributed by atoms with Crippen molar-refractivity contribution in [3.8, 4) is 11.8 Å². The van der Waals surface area contributed by atoms with Crippen molar-refractivity contribution in [2.75, 3.05) is 0 Å². The molecule has 0 amide bonds. The van der Waals surface area contributed by atoms with E-state index in [0.29, 0.717) is 6.54 Å². The van der Waals surface area contributed by atoms with Crippen LogP contribution in [-0.2, 0) is 13.1 Å². The van der Waals surface area contributed by atoms with Crippen molar-refractivity contribution in [1.29, 1.82) is 5.26 Å². The number of nitrogens with zero attached hydrogens (tertiary/aromatic N) is 1. The van der Waals surface area contributed by atoms with Crippen molar-refractivity contribution in [2.24, 2.45) is 0 Å². The molecule has 0 radical (unpaired) electrons. The van der Waals surface area contributed by atoms with Crippen LogP contribution in [0.5, 0.6) is 5.75 Å². The fraction of sp³-hybridized carbons (Fsp3) is 0.133. The van der Waals surface area contributed by atoms with Gasteiger partial charge in [-0.1, -0.05) is 12.1 Å². The molecule has 2 rings (SSSR count). The van der Waals surface area contributed by atoms with Crippen molar-refractivity contribution in [3.63, 3.8) is 0 Å². The van der Waals surface area contributed by atoms with Crippen LogP contribution >= 0.6 is 0 Å². The average molecular weight is 274 g/mol. The maximum absolute atomic E-state index is 13.6. The van der Waals surface area contributed by atoms with Gasteiger partial charge in [-0.15, -0.1) is 0 Å². The smallest absolute Gasteiger partial charge is 0.131 e. The minimum Gasteiger partial charge on any atom is -0.508 e. The van der Waals surface area contributed by atoms with Gasteiger partial charge >= 0.3 is 0 Å². The van der Waals surface area contributed by atoms with Gasteiger partial charge in [0.1, 0.15) is 17.4 Å². The summed E-state index contributed by atoms with van der Waals surface area (Å²) in [4.78, 5) is 0. The molecule has 0 spiro atoms. The highest BCUT2D eigenvalue weighted by molar-refractivity contribution is 5.34. The van der Waals surface area contributed by atoms with Crippen LogP contribution in [0.4, 0.5) is 8.78 Å². The number of hydrogen-bond donors (Lipinski definition) is 2. The molecular weight excluding hydrogens is 262 g/mol. The Balaban J connectivity index is 2.01. The molecule has 0 heterocycles. The van der Waals surface area contributed by atoms with Crippen LogP contribution in [-0.4, -0.2) is 5.11 Å². The van der Waals surface area contributed by atoms with Gasteiger partial charge in [-0.2, -0.15) is 5.26 Å². The molecule has 0 aliphatic carbocycles. The first kappa shape index (κ1) is 14.0. The number of nitriles is 1. The number of phenolic OH excluding ortho intramolecular Hbond substituents is 1. The molecule has 0 aliphatic rings. The molecule has 0 saturated carbocycles. The molecule has 0 bridgehead atoms. The first-order valence-electron chi connectivity index (χ1n) is 5.97. The van der Waals surface area contributed by atoms with Gasteiger partial charge in [-0.3, -0.25) is 0 Å². The van der Waals surface area contributed by atoms with Gasteiger partial charge in [0, 0.05) is 18.7 Å². The normalized spacial score (nSPS) is 10.2. The molecule has 2 N–H and O–H groups in total. The summed E-state index contributed by atoms with van der Waals surface area (Å²) >= 11 is 0. The van der Waals surface area contributed by atoms with Gasteiger partial charge in [-0.25, -0.2) is 8.78 Å². The Labute approximate surface area is 115 Å². The molecule has 0 saturated heterocycles. The highest BCUT2D eigenvalue weighted by Gasteiger charge is 2.10. The second kappa shape index (κ2) is 6.13. The fourth-order valence-electron chi connectivity index (χ4n) is 1.78. The number of benzene rings is 2. The van der Waals surface area contributed by atoms with Crippen LogP contribution in [0.3, 0.4) is 0 Å². The van der Waals surface area contributed by atoms with Gasteiger partial charge in [0.05, 0.1) is 11.6 Å². The topological polar surface area (TPSA) is 56.0 Å². The number of phenols is 1. The lowest BCUT2D eigenvalue weighted by Gasteiger charge is -2.08. The van der Waals surface area contributed by atoms with E-state index in [2.05, 4.69) is 5.32 Å². The molecule has 2 aromatic rings. The Hall–Kier alpha value is -2.45. The van der Waals surface area contributed by atoms with Crippen molar-refractivity contribution < 1.29 is 13.9 Å². The Kier molecular flexibility index (Phi) is 4.28. The summed E-state index contributed by atoms with van der Waals surface area (Å²) in [5.41, 5.74) is 0.752. The van der Waals surface area contributed by atoms with E-state index in [1.54, 1.807) is 30.3 Å². The second-order valence-corrected chi connectivity index (χ2v) is 4.30. The third-order valence-corrected chi connectivity index (χ3v) is 2.84. The highest BCUT2D eigenvalue weighted by atomic mass is 19.1.